The fraction of sp³-hybridized carbons (Fsp3) is 0.933. The number of ether oxygens (including phenoxy) is 1. The molecule has 0 radical (unpaired) electrons. The quantitative estimate of drug-likeness (QED) is 0.557. The Morgan fingerprint density at radius 1 is 1.11 bits per heavy atom. The van der Waals surface area contributed by atoms with E-state index >= 15 is 0 Å². The third-order valence-corrected chi connectivity index (χ3v) is 5.78. The van der Waals surface area contributed by atoms with Crippen molar-refractivity contribution in [3.8, 4) is 0 Å². The second kappa shape index (κ2) is 4.52. The fourth-order valence-electron chi connectivity index (χ4n) is 4.94. The van der Waals surface area contributed by atoms with Gasteiger partial charge in [-0.15, -0.1) is 0 Å². The van der Waals surface area contributed by atoms with Crippen molar-refractivity contribution in [2.24, 2.45) is 11.8 Å². The molecule has 3 rings (SSSR count). The minimum Gasteiger partial charge on any atom is -0.462 e. The lowest BCUT2D eigenvalue weighted by Gasteiger charge is -2.45. The molecule has 3 nitrogen and oxygen atoms in total. The molecule has 102 valence electrons. The largest absolute Gasteiger partial charge is 0.462 e. The second-order valence-corrected chi connectivity index (χ2v) is 6.85. The highest BCUT2D eigenvalue weighted by Crippen LogP contribution is 2.48. The number of fused-ring (bicyclic) bond motifs is 2. The lowest BCUT2D eigenvalue weighted by molar-refractivity contribution is -0.927. The minimum atomic E-state index is -0.0818. The van der Waals surface area contributed by atoms with E-state index in [1.54, 1.807) is 6.92 Å². The van der Waals surface area contributed by atoms with Crippen LogP contribution in [0.5, 0.6) is 0 Å². The van der Waals surface area contributed by atoms with Crippen LogP contribution in [0, 0.1) is 11.8 Å². The summed E-state index contributed by atoms with van der Waals surface area (Å²) >= 11 is 0. The van der Waals surface area contributed by atoms with Crippen molar-refractivity contribution in [3.63, 3.8) is 0 Å². The van der Waals surface area contributed by atoms with Gasteiger partial charge in [-0.25, -0.2) is 0 Å². The van der Waals surface area contributed by atoms with Crippen LogP contribution in [0.1, 0.15) is 45.4 Å². The zero-order valence-electron chi connectivity index (χ0n) is 11.7. The van der Waals surface area contributed by atoms with E-state index in [2.05, 4.69) is 7.05 Å². The van der Waals surface area contributed by atoms with Gasteiger partial charge in [0.15, 0.2) is 0 Å². The van der Waals surface area contributed by atoms with Crippen molar-refractivity contribution in [3.05, 3.63) is 0 Å². The Bertz CT molecular complexity index is 335. The van der Waals surface area contributed by atoms with Gasteiger partial charge >= 0.3 is 5.97 Å². The van der Waals surface area contributed by atoms with Gasteiger partial charge < -0.3 is 9.22 Å². The molecule has 0 spiro atoms. The first-order valence-electron chi connectivity index (χ1n) is 7.61. The number of likely N-dealkylation sites (tertiary alicyclic amines) is 1. The minimum absolute atomic E-state index is 0.0818. The van der Waals surface area contributed by atoms with E-state index in [4.69, 9.17) is 4.74 Å². The average molecular weight is 252 g/mol. The van der Waals surface area contributed by atoms with Gasteiger partial charge in [0.05, 0.1) is 26.2 Å². The van der Waals surface area contributed by atoms with Gasteiger partial charge in [0.2, 0.25) is 0 Å². The Morgan fingerprint density at radius 2 is 1.78 bits per heavy atom. The van der Waals surface area contributed by atoms with Gasteiger partial charge in [0.1, 0.15) is 6.10 Å². The van der Waals surface area contributed by atoms with Crippen LogP contribution in [0.2, 0.25) is 0 Å². The average Bonchev–Trinajstić information content (AvgIpc) is 2.83. The molecule has 18 heavy (non-hydrogen) atoms. The summed E-state index contributed by atoms with van der Waals surface area (Å²) in [6.45, 7) is 4.23. The molecule has 0 aromatic carbocycles. The zero-order chi connectivity index (χ0) is 12.8. The number of quaternary nitrogens is 1. The van der Waals surface area contributed by atoms with E-state index in [1.165, 1.54) is 56.1 Å². The van der Waals surface area contributed by atoms with E-state index in [1.807, 2.05) is 0 Å². The van der Waals surface area contributed by atoms with Crippen molar-refractivity contribution in [1.82, 2.24) is 0 Å². The molecule has 4 atom stereocenters. The number of esters is 1. The summed E-state index contributed by atoms with van der Waals surface area (Å²) < 4.78 is 6.91. The summed E-state index contributed by atoms with van der Waals surface area (Å²) in [5.74, 6) is 1.21. The Balaban J connectivity index is 1.78. The van der Waals surface area contributed by atoms with Crippen LogP contribution in [0.3, 0.4) is 0 Å². The van der Waals surface area contributed by atoms with Gasteiger partial charge in [-0.2, -0.15) is 0 Å². The summed E-state index contributed by atoms with van der Waals surface area (Å²) in [4.78, 5) is 11.3. The highest BCUT2D eigenvalue weighted by atomic mass is 16.5. The number of carbonyl (C=O) groups excluding carboxylic acids is 1. The molecule has 0 aromatic heterocycles. The SMILES string of the molecule is CC(=O)O[C@H]1[C@@H]2CC[C@@H]1[C@@H]([N+]1(C)CCCC1)CC2. The van der Waals surface area contributed by atoms with Crippen LogP contribution in [0.15, 0.2) is 0 Å². The lowest BCUT2D eigenvalue weighted by Crippen LogP contribution is -2.57. The van der Waals surface area contributed by atoms with Crippen molar-refractivity contribution in [2.45, 2.75) is 57.6 Å². The number of rotatable bonds is 2. The molecule has 1 heterocycles. The number of hydrogen-bond acceptors (Lipinski definition) is 2. The van der Waals surface area contributed by atoms with E-state index in [-0.39, 0.29) is 12.1 Å². The maximum absolute atomic E-state index is 11.3. The number of hydrogen-bond donors (Lipinski definition) is 0. The Morgan fingerprint density at radius 3 is 2.44 bits per heavy atom. The maximum atomic E-state index is 11.3. The van der Waals surface area contributed by atoms with Gasteiger partial charge in [-0.1, -0.05) is 0 Å². The molecule has 0 aromatic rings. The van der Waals surface area contributed by atoms with Gasteiger partial charge in [0.25, 0.3) is 0 Å². The first-order valence-corrected chi connectivity index (χ1v) is 7.61. The molecular weight excluding hydrogens is 226 g/mol. The second-order valence-electron chi connectivity index (χ2n) is 6.85. The Kier molecular flexibility index (Phi) is 3.13. The fourth-order valence-corrected chi connectivity index (χ4v) is 4.94. The predicted octanol–water partition coefficient (Wildman–Crippen LogP) is 2.35. The summed E-state index contributed by atoms with van der Waals surface area (Å²) in [5, 5.41) is 0. The third kappa shape index (κ3) is 1.97. The topological polar surface area (TPSA) is 26.3 Å². The van der Waals surface area contributed by atoms with Crippen molar-refractivity contribution < 1.29 is 14.0 Å². The molecule has 0 N–H and O–H groups in total. The van der Waals surface area contributed by atoms with Crippen molar-refractivity contribution in [2.75, 3.05) is 20.1 Å². The first kappa shape index (κ1) is 12.5. The van der Waals surface area contributed by atoms with E-state index in [0.29, 0.717) is 11.8 Å². The monoisotopic (exact) mass is 252 g/mol. The van der Waals surface area contributed by atoms with E-state index in [9.17, 15) is 4.79 Å². The van der Waals surface area contributed by atoms with Crippen molar-refractivity contribution >= 4 is 5.97 Å². The molecule has 3 heteroatoms. The number of carbonyl (C=O) groups is 1. The van der Waals surface area contributed by atoms with E-state index < -0.39 is 0 Å². The molecule has 0 unspecified atom stereocenters. The molecule has 1 aliphatic heterocycles. The summed E-state index contributed by atoms with van der Waals surface area (Å²) in [6, 6.07) is 0.746. The Labute approximate surface area is 110 Å². The zero-order valence-corrected chi connectivity index (χ0v) is 11.7. The lowest BCUT2D eigenvalue weighted by atomic mass is 9.80. The highest BCUT2D eigenvalue weighted by molar-refractivity contribution is 5.66. The standard InChI is InChI=1S/C15H26NO2/c1-11(17)18-15-12-5-7-13(15)14(8-6-12)16(2)9-3-4-10-16/h12-15H,3-10H2,1-2H3/q+1/t12-,13-,14+,15+/m1/s1. The number of nitrogens with zero attached hydrogens (tertiary/aromatic N) is 1. The molecule has 0 amide bonds. The van der Waals surface area contributed by atoms with Gasteiger partial charge in [-0.3, -0.25) is 4.79 Å². The third-order valence-electron chi connectivity index (χ3n) is 5.78. The van der Waals surface area contributed by atoms with Gasteiger partial charge in [-0.05, 0) is 25.2 Å². The summed E-state index contributed by atoms with van der Waals surface area (Å²) in [6.07, 6.45) is 8.16. The summed E-state index contributed by atoms with van der Waals surface area (Å²) in [5.41, 5.74) is 0. The van der Waals surface area contributed by atoms with Crippen LogP contribution in [0.25, 0.3) is 0 Å². The molecule has 3 fully saturated rings. The van der Waals surface area contributed by atoms with Crippen LogP contribution >= 0.6 is 0 Å². The maximum Gasteiger partial charge on any atom is 0.302 e. The molecule has 2 aliphatic carbocycles. The Hall–Kier alpha value is -0.570. The van der Waals surface area contributed by atoms with E-state index in [0.717, 1.165) is 6.04 Å². The molecule has 3 aliphatic rings. The van der Waals surface area contributed by atoms with Crippen molar-refractivity contribution in [1.29, 1.82) is 0 Å². The predicted molar refractivity (Wildman–Crippen MR) is 69.9 cm³/mol. The molecular formula is C15H26NO2+. The molecule has 2 saturated carbocycles. The van der Waals surface area contributed by atoms with Crippen LogP contribution in [-0.4, -0.2) is 42.7 Å². The normalized spacial score (nSPS) is 41.9. The van der Waals surface area contributed by atoms with Crippen LogP contribution in [0.4, 0.5) is 0 Å². The van der Waals surface area contributed by atoms with Crippen LogP contribution in [-0.2, 0) is 9.53 Å². The van der Waals surface area contributed by atoms with Crippen LogP contribution < -0.4 is 0 Å². The first-order chi connectivity index (χ1) is 8.60. The summed E-state index contributed by atoms with van der Waals surface area (Å²) in [7, 11) is 2.43. The highest BCUT2D eigenvalue weighted by Gasteiger charge is 2.53. The molecule has 2 bridgehead atoms. The molecule has 1 saturated heterocycles. The van der Waals surface area contributed by atoms with Gasteiger partial charge in [0, 0.05) is 32.1 Å². The smallest absolute Gasteiger partial charge is 0.302 e.